The Bertz CT molecular complexity index is 858. The first-order valence-electron chi connectivity index (χ1n) is 9.57. The van der Waals surface area contributed by atoms with Crippen molar-refractivity contribution < 1.29 is 23.1 Å². The average molecular weight is 393 g/mol. The van der Waals surface area contributed by atoms with Crippen molar-refractivity contribution in [3.8, 4) is 0 Å². The van der Waals surface area contributed by atoms with Gasteiger partial charge in [-0.3, -0.25) is 4.79 Å². The lowest BCUT2D eigenvalue weighted by Crippen LogP contribution is -2.22. The van der Waals surface area contributed by atoms with Gasteiger partial charge in [-0.2, -0.15) is 13.2 Å². The molecule has 0 radical (unpaired) electrons. The Morgan fingerprint density at radius 1 is 1.18 bits per heavy atom. The lowest BCUT2D eigenvalue weighted by molar-refractivity contribution is -0.138. The van der Waals surface area contributed by atoms with Crippen LogP contribution >= 0.6 is 0 Å². The number of carboxylic acids is 1. The van der Waals surface area contributed by atoms with Crippen LogP contribution in [0.1, 0.15) is 74.0 Å². The second-order valence-electron chi connectivity index (χ2n) is 8.66. The molecule has 1 atom stereocenters. The number of rotatable bonds is 4. The summed E-state index contributed by atoms with van der Waals surface area (Å²) in [5, 5.41) is 9.33. The fourth-order valence-electron chi connectivity index (χ4n) is 4.16. The van der Waals surface area contributed by atoms with E-state index in [1.54, 1.807) is 0 Å². The van der Waals surface area contributed by atoms with E-state index in [2.05, 4.69) is 31.4 Å². The zero-order chi connectivity index (χ0) is 20.7. The zero-order valence-corrected chi connectivity index (χ0v) is 16.4. The van der Waals surface area contributed by atoms with Gasteiger partial charge in [0, 0.05) is 29.3 Å². The number of alkyl halides is 3. The summed E-state index contributed by atoms with van der Waals surface area (Å²) < 4.78 is 40.7. The van der Waals surface area contributed by atoms with Crippen LogP contribution in [-0.2, 0) is 29.4 Å². The molecule has 0 spiro atoms. The molecule has 1 aliphatic carbocycles. The van der Waals surface area contributed by atoms with Gasteiger partial charge in [-0.15, -0.1) is 0 Å². The summed E-state index contributed by atoms with van der Waals surface area (Å²) in [7, 11) is 0. The number of aliphatic carboxylic acids is 1. The van der Waals surface area contributed by atoms with Gasteiger partial charge < -0.3 is 9.67 Å². The number of hydrogen-bond acceptors (Lipinski definition) is 1. The molecule has 2 aromatic rings. The van der Waals surface area contributed by atoms with E-state index >= 15 is 0 Å². The van der Waals surface area contributed by atoms with Crippen molar-refractivity contribution in [2.45, 2.75) is 70.5 Å². The van der Waals surface area contributed by atoms with E-state index in [-0.39, 0.29) is 17.8 Å². The minimum absolute atomic E-state index is 0.0631. The van der Waals surface area contributed by atoms with Gasteiger partial charge in [0.2, 0.25) is 0 Å². The van der Waals surface area contributed by atoms with Crippen LogP contribution in [0.15, 0.2) is 30.3 Å². The Kier molecular flexibility index (Phi) is 5.34. The van der Waals surface area contributed by atoms with E-state index in [0.29, 0.717) is 6.54 Å². The molecule has 3 nitrogen and oxygen atoms in total. The van der Waals surface area contributed by atoms with Crippen LogP contribution in [0.3, 0.4) is 0 Å². The molecule has 1 heterocycles. The predicted molar refractivity (Wildman–Crippen MR) is 102 cm³/mol. The molecule has 1 aliphatic rings. The predicted octanol–water partition coefficient (Wildman–Crippen LogP) is 5.75. The van der Waals surface area contributed by atoms with Gasteiger partial charge in [-0.05, 0) is 48.6 Å². The van der Waals surface area contributed by atoms with Crippen molar-refractivity contribution in [3.05, 3.63) is 58.4 Å². The normalized spacial score (nSPS) is 17.4. The topological polar surface area (TPSA) is 42.2 Å². The average Bonchev–Trinajstić information content (AvgIpc) is 2.94. The van der Waals surface area contributed by atoms with E-state index in [4.69, 9.17) is 0 Å². The first-order chi connectivity index (χ1) is 13.0. The summed E-state index contributed by atoms with van der Waals surface area (Å²) in [5.41, 5.74) is 3.27. The Hall–Kier alpha value is -2.24. The summed E-state index contributed by atoms with van der Waals surface area (Å²) in [6.45, 7) is 6.74. The summed E-state index contributed by atoms with van der Waals surface area (Å²) in [4.78, 5) is 11.4. The Balaban J connectivity index is 2.03. The minimum atomic E-state index is -4.35. The van der Waals surface area contributed by atoms with E-state index in [0.717, 1.165) is 48.3 Å². The van der Waals surface area contributed by atoms with Crippen LogP contribution in [0.5, 0.6) is 0 Å². The SMILES string of the molecule is CC(C)(C)c1cc2c(n1Cc1ccc(C(F)(F)F)cc1)C(CC(=O)O)CCC2. The van der Waals surface area contributed by atoms with Gasteiger partial charge in [0.05, 0.1) is 12.0 Å². The molecule has 28 heavy (non-hydrogen) atoms. The highest BCUT2D eigenvalue weighted by Gasteiger charge is 2.32. The van der Waals surface area contributed by atoms with Gasteiger partial charge in [-0.1, -0.05) is 32.9 Å². The first-order valence-corrected chi connectivity index (χ1v) is 9.57. The first kappa shape index (κ1) is 20.5. The largest absolute Gasteiger partial charge is 0.481 e. The molecule has 0 saturated carbocycles. The number of halogens is 3. The fourth-order valence-corrected chi connectivity index (χ4v) is 4.16. The lowest BCUT2D eigenvalue weighted by Gasteiger charge is -2.28. The highest BCUT2D eigenvalue weighted by atomic mass is 19.4. The summed E-state index contributed by atoms with van der Waals surface area (Å²) in [6, 6.07) is 7.40. The number of nitrogens with zero attached hydrogens (tertiary/aromatic N) is 1. The zero-order valence-electron chi connectivity index (χ0n) is 16.4. The molecule has 1 N–H and O–H groups in total. The molecule has 0 aliphatic heterocycles. The van der Waals surface area contributed by atoms with Crippen molar-refractivity contribution in [2.24, 2.45) is 0 Å². The third-order valence-corrected chi connectivity index (χ3v) is 5.42. The van der Waals surface area contributed by atoms with Gasteiger partial charge in [0.15, 0.2) is 0 Å². The maximum Gasteiger partial charge on any atom is 0.416 e. The Morgan fingerprint density at radius 3 is 2.36 bits per heavy atom. The third-order valence-electron chi connectivity index (χ3n) is 5.42. The van der Waals surface area contributed by atoms with Crippen molar-refractivity contribution in [1.29, 1.82) is 0 Å². The molecule has 3 rings (SSSR count). The Labute approximate surface area is 163 Å². The molecule has 1 unspecified atom stereocenters. The number of aryl methyl sites for hydroxylation is 1. The molecule has 0 fully saturated rings. The second kappa shape index (κ2) is 7.30. The third kappa shape index (κ3) is 4.26. The molecule has 152 valence electrons. The fraction of sp³-hybridized carbons (Fsp3) is 0.500. The summed E-state index contributed by atoms with van der Waals surface area (Å²) in [5.74, 6) is -0.885. The van der Waals surface area contributed by atoms with E-state index in [1.807, 2.05) is 0 Å². The van der Waals surface area contributed by atoms with Gasteiger partial charge >= 0.3 is 12.1 Å². The number of carbonyl (C=O) groups is 1. The van der Waals surface area contributed by atoms with E-state index in [9.17, 15) is 23.1 Å². The van der Waals surface area contributed by atoms with Crippen LogP contribution < -0.4 is 0 Å². The van der Waals surface area contributed by atoms with Crippen LogP contribution in [0.4, 0.5) is 13.2 Å². The minimum Gasteiger partial charge on any atom is -0.481 e. The van der Waals surface area contributed by atoms with Crippen molar-refractivity contribution in [2.75, 3.05) is 0 Å². The number of aromatic nitrogens is 1. The molecular weight excluding hydrogens is 367 g/mol. The van der Waals surface area contributed by atoms with Crippen molar-refractivity contribution >= 4 is 5.97 Å². The molecule has 0 bridgehead atoms. The summed E-state index contributed by atoms with van der Waals surface area (Å²) >= 11 is 0. The molecule has 1 aromatic heterocycles. The van der Waals surface area contributed by atoms with Crippen molar-refractivity contribution in [1.82, 2.24) is 4.57 Å². The number of hydrogen-bond donors (Lipinski definition) is 1. The highest BCUT2D eigenvalue weighted by molar-refractivity contribution is 5.68. The monoisotopic (exact) mass is 393 g/mol. The maximum atomic E-state index is 12.9. The quantitative estimate of drug-likeness (QED) is 0.719. The molecule has 1 aromatic carbocycles. The van der Waals surface area contributed by atoms with Gasteiger partial charge in [0.1, 0.15) is 0 Å². The second-order valence-corrected chi connectivity index (χ2v) is 8.66. The van der Waals surface area contributed by atoms with Gasteiger partial charge in [0.25, 0.3) is 0 Å². The van der Waals surface area contributed by atoms with E-state index in [1.165, 1.54) is 17.7 Å². The lowest BCUT2D eigenvalue weighted by atomic mass is 9.85. The highest BCUT2D eigenvalue weighted by Crippen LogP contribution is 2.40. The number of carboxylic acid groups (broad SMARTS) is 1. The Morgan fingerprint density at radius 2 is 1.82 bits per heavy atom. The number of fused-ring (bicyclic) bond motifs is 1. The maximum absolute atomic E-state index is 12.9. The smallest absolute Gasteiger partial charge is 0.416 e. The molecule has 0 saturated heterocycles. The van der Waals surface area contributed by atoms with Crippen molar-refractivity contribution in [3.63, 3.8) is 0 Å². The molecule has 6 heteroatoms. The number of benzene rings is 1. The van der Waals surface area contributed by atoms with Gasteiger partial charge in [-0.25, -0.2) is 0 Å². The standard InChI is InChI=1S/C22H26F3NO2/c1-21(2,3)18-11-15-5-4-6-16(12-19(27)28)20(15)26(18)13-14-7-9-17(10-8-14)22(23,24)25/h7-11,16H,4-6,12-13H2,1-3H3,(H,27,28). The van der Waals surface area contributed by atoms with Crippen LogP contribution in [-0.4, -0.2) is 15.6 Å². The molecule has 0 amide bonds. The molecular formula is C22H26F3NO2. The van der Waals surface area contributed by atoms with Crippen LogP contribution in [0.25, 0.3) is 0 Å². The van der Waals surface area contributed by atoms with Crippen LogP contribution in [0, 0.1) is 0 Å². The summed E-state index contributed by atoms with van der Waals surface area (Å²) in [6.07, 6.45) is -1.59. The van der Waals surface area contributed by atoms with Crippen LogP contribution in [0.2, 0.25) is 0 Å². The van der Waals surface area contributed by atoms with E-state index < -0.39 is 17.7 Å².